The van der Waals surface area contributed by atoms with Crippen molar-refractivity contribution in [2.45, 2.75) is 51.9 Å². The van der Waals surface area contributed by atoms with Crippen LogP contribution >= 0.6 is 15.8 Å². The van der Waals surface area contributed by atoms with Crippen molar-refractivity contribution in [1.82, 2.24) is 0 Å². The summed E-state index contributed by atoms with van der Waals surface area (Å²) in [4.78, 5) is 0. The van der Waals surface area contributed by atoms with Crippen molar-refractivity contribution in [2.75, 3.05) is 26.9 Å². The molecule has 218 valence electrons. The van der Waals surface area contributed by atoms with Crippen LogP contribution in [0.25, 0.3) is 33.4 Å². The first-order chi connectivity index (χ1) is 20.0. The Hall–Kier alpha value is -3.06. The van der Waals surface area contributed by atoms with E-state index in [1.54, 1.807) is 14.2 Å². The molecule has 0 aliphatic carbocycles. The molecule has 0 unspecified atom stereocenters. The monoisotopic (exact) mass is 598 g/mol. The third-order valence-corrected chi connectivity index (χ3v) is 14.2. The van der Waals surface area contributed by atoms with E-state index >= 15 is 0 Å². The SMILES string of the molecule is COc1ccc(-c2ccc(-c3ccc(-c4ccc(OC)cc4)c4c3[P@@](C(C)(C)C)CO4)c3c2OC[P@@]3C(C)(C)C)cc1. The lowest BCUT2D eigenvalue weighted by molar-refractivity contribution is 0.401. The standard InChI is InChI=1S/C36H40O4P2/c1-35(2,3)41-21-39-31-27(23-9-13-25(37-7)14-10-23)17-19-29(33(31)41)30-20-18-28(24-11-15-26(38-8)16-12-24)32-34(30)42(22-40-32)36(4,5)6/h9-20H,21-22H2,1-8H3/t41-,42+. The summed E-state index contributed by atoms with van der Waals surface area (Å²) in [6, 6.07) is 25.8. The third-order valence-electron chi connectivity index (χ3n) is 8.19. The van der Waals surface area contributed by atoms with E-state index in [4.69, 9.17) is 18.9 Å². The Morgan fingerprint density at radius 3 is 1.14 bits per heavy atom. The Balaban J connectivity index is 1.58. The molecule has 0 bridgehead atoms. The van der Waals surface area contributed by atoms with Crippen LogP contribution in [0.15, 0.2) is 72.8 Å². The molecule has 2 aliphatic rings. The maximum absolute atomic E-state index is 6.63. The Kier molecular flexibility index (Phi) is 7.53. The topological polar surface area (TPSA) is 36.9 Å². The van der Waals surface area contributed by atoms with E-state index in [2.05, 4.69) is 90.1 Å². The number of hydrogen-bond donors (Lipinski definition) is 0. The molecular formula is C36H40O4P2. The first-order valence-electron chi connectivity index (χ1n) is 14.5. The summed E-state index contributed by atoms with van der Waals surface area (Å²) >= 11 is 0. The maximum Gasteiger partial charge on any atom is 0.136 e. The predicted molar refractivity (Wildman–Crippen MR) is 179 cm³/mol. The summed E-state index contributed by atoms with van der Waals surface area (Å²) in [5.41, 5.74) is 7.16. The van der Waals surface area contributed by atoms with Crippen LogP contribution in [-0.2, 0) is 0 Å². The van der Waals surface area contributed by atoms with Crippen LogP contribution in [0.5, 0.6) is 23.0 Å². The molecule has 0 aromatic heterocycles. The van der Waals surface area contributed by atoms with Crippen molar-refractivity contribution < 1.29 is 18.9 Å². The molecule has 0 amide bonds. The minimum atomic E-state index is -0.563. The molecule has 6 rings (SSSR count). The fourth-order valence-electron chi connectivity index (χ4n) is 5.85. The number of rotatable bonds is 5. The highest BCUT2D eigenvalue weighted by Crippen LogP contribution is 2.61. The van der Waals surface area contributed by atoms with E-state index in [0.717, 1.165) is 57.9 Å². The minimum absolute atomic E-state index is 0.103. The van der Waals surface area contributed by atoms with Crippen molar-refractivity contribution in [3.63, 3.8) is 0 Å². The van der Waals surface area contributed by atoms with Gasteiger partial charge in [-0.25, -0.2) is 0 Å². The average Bonchev–Trinajstić information content (AvgIpc) is 3.63. The van der Waals surface area contributed by atoms with Gasteiger partial charge in [-0.05, 0) is 84.8 Å². The lowest BCUT2D eigenvalue weighted by Gasteiger charge is -2.30. The van der Waals surface area contributed by atoms with Gasteiger partial charge in [-0.2, -0.15) is 0 Å². The number of ether oxygens (including phenoxy) is 4. The summed E-state index contributed by atoms with van der Waals surface area (Å²) in [6.07, 6.45) is 1.48. The largest absolute Gasteiger partial charge is 0.497 e. The molecule has 0 spiro atoms. The van der Waals surface area contributed by atoms with Crippen LogP contribution in [-0.4, -0.2) is 37.2 Å². The zero-order valence-electron chi connectivity index (χ0n) is 25.9. The second-order valence-electron chi connectivity index (χ2n) is 12.9. The Labute approximate surface area is 252 Å². The van der Waals surface area contributed by atoms with Crippen molar-refractivity contribution in [1.29, 1.82) is 0 Å². The van der Waals surface area contributed by atoms with Crippen LogP contribution in [0.1, 0.15) is 41.5 Å². The van der Waals surface area contributed by atoms with Crippen LogP contribution in [0.4, 0.5) is 0 Å². The van der Waals surface area contributed by atoms with E-state index < -0.39 is 15.8 Å². The Bertz CT molecular complexity index is 1490. The second kappa shape index (κ2) is 10.9. The van der Waals surface area contributed by atoms with Gasteiger partial charge >= 0.3 is 0 Å². The van der Waals surface area contributed by atoms with Crippen LogP contribution < -0.4 is 29.6 Å². The van der Waals surface area contributed by atoms with Gasteiger partial charge in [0, 0.05) is 21.7 Å². The Morgan fingerprint density at radius 2 is 0.833 bits per heavy atom. The molecule has 42 heavy (non-hydrogen) atoms. The summed E-state index contributed by atoms with van der Waals surface area (Å²) in [5, 5.41) is 2.96. The van der Waals surface area contributed by atoms with Gasteiger partial charge in [0.05, 0.1) is 14.2 Å². The van der Waals surface area contributed by atoms with Crippen LogP contribution in [0, 0.1) is 0 Å². The first kappa shape index (κ1) is 29.0. The van der Waals surface area contributed by atoms with E-state index in [1.165, 1.54) is 21.7 Å². The summed E-state index contributed by atoms with van der Waals surface area (Å²) in [6.45, 7) is 14.1. The predicted octanol–water partition coefficient (Wildman–Crippen LogP) is 9.22. The van der Waals surface area contributed by atoms with Gasteiger partial charge < -0.3 is 18.9 Å². The molecule has 4 nitrogen and oxygen atoms in total. The number of fused-ring (bicyclic) bond motifs is 2. The molecule has 6 heteroatoms. The van der Waals surface area contributed by atoms with E-state index in [9.17, 15) is 0 Å². The van der Waals surface area contributed by atoms with Gasteiger partial charge in [-0.1, -0.05) is 77.9 Å². The zero-order chi connectivity index (χ0) is 29.8. The lowest BCUT2D eigenvalue weighted by atomic mass is 9.96. The second-order valence-corrected chi connectivity index (χ2v) is 18.7. The summed E-state index contributed by atoms with van der Waals surface area (Å²) in [7, 11) is 2.28. The van der Waals surface area contributed by atoms with Crippen LogP contribution in [0.3, 0.4) is 0 Å². The highest BCUT2D eigenvalue weighted by atomic mass is 31.1. The van der Waals surface area contributed by atoms with Gasteiger partial charge in [-0.3, -0.25) is 0 Å². The fourth-order valence-corrected chi connectivity index (χ4v) is 10.6. The fraction of sp³-hybridized carbons (Fsp3) is 0.333. The van der Waals surface area contributed by atoms with E-state index in [-0.39, 0.29) is 10.3 Å². The number of methoxy groups -OCH3 is 2. The smallest absolute Gasteiger partial charge is 0.136 e. The molecule has 4 aromatic rings. The van der Waals surface area contributed by atoms with E-state index in [0.29, 0.717) is 0 Å². The molecule has 2 aliphatic heterocycles. The lowest BCUT2D eigenvalue weighted by Crippen LogP contribution is -2.22. The normalized spacial score (nSPS) is 17.7. The van der Waals surface area contributed by atoms with Crippen molar-refractivity contribution in [3.05, 3.63) is 72.8 Å². The van der Waals surface area contributed by atoms with Crippen LogP contribution in [0.2, 0.25) is 0 Å². The van der Waals surface area contributed by atoms with Gasteiger partial charge in [0.15, 0.2) is 0 Å². The van der Waals surface area contributed by atoms with Gasteiger partial charge in [0.2, 0.25) is 0 Å². The maximum atomic E-state index is 6.63. The molecular weight excluding hydrogens is 558 g/mol. The van der Waals surface area contributed by atoms with Crippen molar-refractivity contribution in [3.8, 4) is 56.4 Å². The molecule has 0 N–H and O–H groups in total. The third kappa shape index (κ3) is 5.08. The number of benzene rings is 4. The molecule has 0 radical (unpaired) electrons. The average molecular weight is 599 g/mol. The highest BCUT2D eigenvalue weighted by Gasteiger charge is 2.41. The molecule has 0 saturated carbocycles. The first-order valence-corrected chi connectivity index (χ1v) is 17.5. The minimum Gasteiger partial charge on any atom is -0.497 e. The van der Waals surface area contributed by atoms with Gasteiger partial charge in [-0.15, -0.1) is 0 Å². The summed E-state index contributed by atoms with van der Waals surface area (Å²) in [5.74, 6) is 3.78. The van der Waals surface area contributed by atoms with E-state index in [1.807, 2.05) is 24.3 Å². The molecule has 0 fully saturated rings. The molecule has 2 atom stereocenters. The quantitative estimate of drug-likeness (QED) is 0.215. The van der Waals surface area contributed by atoms with Gasteiger partial charge in [0.25, 0.3) is 0 Å². The van der Waals surface area contributed by atoms with Gasteiger partial charge in [0.1, 0.15) is 35.7 Å². The summed E-state index contributed by atoms with van der Waals surface area (Å²) < 4.78 is 24.1. The Morgan fingerprint density at radius 1 is 0.500 bits per heavy atom. The molecule has 4 aromatic carbocycles. The van der Waals surface area contributed by atoms with Crippen molar-refractivity contribution >= 4 is 26.5 Å². The zero-order valence-corrected chi connectivity index (χ0v) is 27.7. The van der Waals surface area contributed by atoms with Crippen molar-refractivity contribution in [2.24, 2.45) is 0 Å². The molecule has 2 heterocycles. The number of hydrogen-bond acceptors (Lipinski definition) is 4. The molecule has 0 saturated heterocycles. The highest BCUT2D eigenvalue weighted by molar-refractivity contribution is 7.68.